The molecule has 0 aliphatic heterocycles. The Kier molecular flexibility index (Phi) is 3.55. The molecule has 0 saturated heterocycles. The van der Waals surface area contributed by atoms with Crippen LogP contribution in [0.5, 0.6) is 0 Å². The summed E-state index contributed by atoms with van der Waals surface area (Å²) in [6.45, 7) is 1.57. The second-order valence-electron chi connectivity index (χ2n) is 4.04. The Labute approximate surface area is 107 Å². The second-order valence-corrected chi connectivity index (χ2v) is 4.04. The predicted octanol–water partition coefficient (Wildman–Crippen LogP) is 3.66. The number of aryl methyl sites for hydroxylation is 1. The molecular weight excluding hydrogens is 255 g/mol. The van der Waals surface area contributed by atoms with Crippen LogP contribution in [0.25, 0.3) is 0 Å². The summed E-state index contributed by atoms with van der Waals surface area (Å²) in [5.41, 5.74) is 0.309. The van der Waals surface area contributed by atoms with E-state index in [4.69, 9.17) is 0 Å². The molecule has 19 heavy (non-hydrogen) atoms. The van der Waals surface area contributed by atoms with Crippen molar-refractivity contribution in [3.8, 4) is 0 Å². The van der Waals surface area contributed by atoms with Crippen molar-refractivity contribution in [3.63, 3.8) is 0 Å². The van der Waals surface area contributed by atoms with Gasteiger partial charge >= 0.3 is 0 Å². The molecule has 5 heteroatoms. The molecule has 0 saturated carbocycles. The van der Waals surface area contributed by atoms with Gasteiger partial charge in [-0.05, 0) is 36.8 Å². The second kappa shape index (κ2) is 5.14. The number of rotatable bonds is 2. The quantitative estimate of drug-likeness (QED) is 0.882. The monoisotopic (exact) mass is 265 g/mol. The molecule has 0 heterocycles. The molecule has 2 aromatic carbocycles. The van der Waals surface area contributed by atoms with E-state index in [1.165, 1.54) is 12.1 Å². The minimum absolute atomic E-state index is 0.0619. The van der Waals surface area contributed by atoms with E-state index in [0.29, 0.717) is 11.6 Å². The summed E-state index contributed by atoms with van der Waals surface area (Å²) in [6, 6.07) is 6.72. The molecule has 2 nitrogen and oxygen atoms in total. The molecule has 0 aromatic heterocycles. The summed E-state index contributed by atoms with van der Waals surface area (Å²) in [4.78, 5) is 11.8. The highest BCUT2D eigenvalue weighted by Crippen LogP contribution is 2.17. The van der Waals surface area contributed by atoms with Crippen molar-refractivity contribution in [1.29, 1.82) is 0 Å². The molecule has 0 atom stereocenters. The lowest BCUT2D eigenvalue weighted by molar-refractivity contribution is 0.102. The Balaban J connectivity index is 2.23. The lowest BCUT2D eigenvalue weighted by atomic mass is 10.1. The maximum atomic E-state index is 13.3. The molecule has 0 spiro atoms. The Morgan fingerprint density at radius 2 is 1.74 bits per heavy atom. The Bertz CT molecular complexity index is 641. The lowest BCUT2D eigenvalue weighted by Gasteiger charge is -2.07. The van der Waals surface area contributed by atoms with Crippen LogP contribution >= 0.6 is 0 Å². The summed E-state index contributed by atoms with van der Waals surface area (Å²) < 4.78 is 39.4. The largest absolute Gasteiger partial charge is 0.319 e. The number of anilines is 1. The van der Waals surface area contributed by atoms with E-state index in [0.717, 1.165) is 18.2 Å². The molecule has 0 unspecified atom stereocenters. The predicted molar refractivity (Wildman–Crippen MR) is 65.4 cm³/mol. The molecule has 1 amide bonds. The van der Waals surface area contributed by atoms with Gasteiger partial charge in [0.05, 0.1) is 5.69 Å². The lowest BCUT2D eigenvalue weighted by Crippen LogP contribution is -2.13. The van der Waals surface area contributed by atoms with Gasteiger partial charge in [0, 0.05) is 11.6 Å². The number of halogens is 3. The average molecular weight is 265 g/mol. The SMILES string of the molecule is Cc1ccc(C(=O)Nc2ccc(F)cc2F)cc1F. The van der Waals surface area contributed by atoms with Crippen molar-refractivity contribution < 1.29 is 18.0 Å². The molecule has 0 aliphatic rings. The molecular formula is C14H10F3NO. The molecule has 0 fully saturated rings. The highest BCUT2D eigenvalue weighted by Gasteiger charge is 2.11. The van der Waals surface area contributed by atoms with Crippen molar-refractivity contribution in [2.75, 3.05) is 5.32 Å². The molecule has 2 aromatic rings. The van der Waals surface area contributed by atoms with E-state index >= 15 is 0 Å². The smallest absolute Gasteiger partial charge is 0.255 e. The van der Waals surface area contributed by atoms with Crippen LogP contribution in [0.2, 0.25) is 0 Å². The first-order valence-electron chi connectivity index (χ1n) is 5.50. The van der Waals surface area contributed by atoms with Gasteiger partial charge in [-0.25, -0.2) is 13.2 Å². The summed E-state index contributed by atoms with van der Waals surface area (Å²) in [5.74, 6) is -2.81. The summed E-state index contributed by atoms with van der Waals surface area (Å²) >= 11 is 0. The van der Waals surface area contributed by atoms with E-state index in [1.54, 1.807) is 6.92 Å². The van der Waals surface area contributed by atoms with Gasteiger partial charge in [0.1, 0.15) is 17.5 Å². The number of amides is 1. The van der Waals surface area contributed by atoms with Crippen LogP contribution in [0.3, 0.4) is 0 Å². The zero-order valence-electron chi connectivity index (χ0n) is 10.0. The molecule has 0 bridgehead atoms. The van der Waals surface area contributed by atoms with Crippen LogP contribution in [-0.2, 0) is 0 Å². The third-order valence-corrected chi connectivity index (χ3v) is 2.61. The number of hydrogen-bond donors (Lipinski definition) is 1. The van der Waals surface area contributed by atoms with Crippen molar-refractivity contribution in [2.45, 2.75) is 6.92 Å². The van der Waals surface area contributed by atoms with Crippen LogP contribution in [0.1, 0.15) is 15.9 Å². The highest BCUT2D eigenvalue weighted by atomic mass is 19.1. The fraction of sp³-hybridized carbons (Fsp3) is 0.0714. The third-order valence-electron chi connectivity index (χ3n) is 2.61. The summed E-state index contributed by atoms with van der Waals surface area (Å²) in [5, 5.41) is 2.25. The maximum absolute atomic E-state index is 13.3. The first kappa shape index (κ1) is 13.1. The Hall–Kier alpha value is -2.30. The molecule has 1 N–H and O–H groups in total. The van der Waals surface area contributed by atoms with Gasteiger partial charge in [-0.3, -0.25) is 4.79 Å². The van der Waals surface area contributed by atoms with Crippen LogP contribution < -0.4 is 5.32 Å². The van der Waals surface area contributed by atoms with Crippen molar-refractivity contribution in [1.82, 2.24) is 0 Å². The maximum Gasteiger partial charge on any atom is 0.255 e. The van der Waals surface area contributed by atoms with Gasteiger partial charge < -0.3 is 5.32 Å². The van der Waals surface area contributed by atoms with Gasteiger partial charge in [0.15, 0.2) is 0 Å². The van der Waals surface area contributed by atoms with E-state index in [-0.39, 0.29) is 11.3 Å². The molecule has 0 aliphatic carbocycles. The first-order chi connectivity index (χ1) is 8.97. The highest BCUT2D eigenvalue weighted by molar-refractivity contribution is 6.04. The minimum Gasteiger partial charge on any atom is -0.319 e. The van der Waals surface area contributed by atoms with Gasteiger partial charge in [-0.2, -0.15) is 0 Å². The topological polar surface area (TPSA) is 29.1 Å². The van der Waals surface area contributed by atoms with Crippen LogP contribution in [0, 0.1) is 24.4 Å². The van der Waals surface area contributed by atoms with Gasteiger partial charge in [-0.1, -0.05) is 6.07 Å². The molecule has 2 rings (SSSR count). The minimum atomic E-state index is -0.888. The van der Waals surface area contributed by atoms with Gasteiger partial charge in [-0.15, -0.1) is 0 Å². The average Bonchev–Trinajstić information content (AvgIpc) is 2.36. The van der Waals surface area contributed by atoms with Crippen molar-refractivity contribution >= 4 is 11.6 Å². The summed E-state index contributed by atoms with van der Waals surface area (Å²) in [6.07, 6.45) is 0. The van der Waals surface area contributed by atoms with Crippen LogP contribution in [0.4, 0.5) is 18.9 Å². The first-order valence-corrected chi connectivity index (χ1v) is 5.50. The van der Waals surface area contributed by atoms with Crippen molar-refractivity contribution in [3.05, 3.63) is 65.0 Å². The Morgan fingerprint density at radius 3 is 2.37 bits per heavy atom. The van der Waals surface area contributed by atoms with E-state index in [9.17, 15) is 18.0 Å². The number of carbonyl (C=O) groups excluding carboxylic acids is 1. The van der Waals surface area contributed by atoms with Gasteiger partial charge in [0.25, 0.3) is 5.91 Å². The zero-order chi connectivity index (χ0) is 14.0. The Morgan fingerprint density at radius 1 is 1.00 bits per heavy atom. The third kappa shape index (κ3) is 2.93. The number of benzene rings is 2. The van der Waals surface area contributed by atoms with Crippen molar-refractivity contribution in [2.24, 2.45) is 0 Å². The number of carbonyl (C=O) groups is 1. The summed E-state index contributed by atoms with van der Waals surface area (Å²) in [7, 11) is 0. The number of hydrogen-bond acceptors (Lipinski definition) is 1. The van der Waals surface area contributed by atoms with Crippen LogP contribution in [0.15, 0.2) is 36.4 Å². The van der Waals surface area contributed by atoms with E-state index in [2.05, 4.69) is 5.32 Å². The molecule has 98 valence electrons. The molecule has 0 radical (unpaired) electrons. The van der Waals surface area contributed by atoms with E-state index in [1.807, 2.05) is 0 Å². The number of nitrogens with one attached hydrogen (secondary N) is 1. The standard InChI is InChI=1S/C14H10F3NO/c1-8-2-3-9(6-11(8)16)14(19)18-13-5-4-10(15)7-12(13)17/h2-7H,1H3,(H,18,19). The van der Waals surface area contributed by atoms with Gasteiger partial charge in [0.2, 0.25) is 0 Å². The zero-order valence-corrected chi connectivity index (χ0v) is 10.0. The fourth-order valence-corrected chi connectivity index (χ4v) is 1.52. The normalized spacial score (nSPS) is 10.3. The van der Waals surface area contributed by atoms with E-state index < -0.39 is 23.4 Å². The van der Waals surface area contributed by atoms with Crippen LogP contribution in [-0.4, -0.2) is 5.91 Å². The fourth-order valence-electron chi connectivity index (χ4n) is 1.52.